The first kappa shape index (κ1) is 12.9. The lowest BCUT2D eigenvalue weighted by molar-refractivity contribution is 0.0696. The Bertz CT molecular complexity index is 442. The molecular formula is C14H15NO2. The van der Waals surface area contributed by atoms with Crippen LogP contribution in [0.4, 0.5) is 0 Å². The van der Waals surface area contributed by atoms with Crippen LogP contribution in [0.15, 0.2) is 48.8 Å². The third-order valence-corrected chi connectivity index (χ3v) is 2.13. The van der Waals surface area contributed by atoms with Crippen LogP contribution in [-0.4, -0.2) is 16.1 Å². The Labute approximate surface area is 101 Å². The Morgan fingerprint density at radius 1 is 1.06 bits per heavy atom. The van der Waals surface area contributed by atoms with Gasteiger partial charge in [0.05, 0.1) is 5.56 Å². The average molecular weight is 229 g/mol. The van der Waals surface area contributed by atoms with E-state index in [4.69, 9.17) is 5.11 Å². The van der Waals surface area contributed by atoms with E-state index in [0.29, 0.717) is 0 Å². The van der Waals surface area contributed by atoms with Crippen molar-refractivity contribution in [2.75, 3.05) is 0 Å². The molecule has 1 aromatic carbocycles. The van der Waals surface area contributed by atoms with Crippen molar-refractivity contribution < 1.29 is 9.90 Å². The number of carboxylic acids is 1. The second-order valence-corrected chi connectivity index (χ2v) is 3.70. The number of hydrogen-bond acceptors (Lipinski definition) is 2. The molecule has 0 fully saturated rings. The molecule has 0 aliphatic rings. The van der Waals surface area contributed by atoms with E-state index < -0.39 is 5.97 Å². The first-order chi connectivity index (χ1) is 8.09. The molecule has 0 aliphatic carbocycles. The lowest BCUT2D eigenvalue weighted by Gasteiger charge is -1.90. The number of carbonyl (C=O) groups is 1. The molecule has 1 aromatic heterocycles. The minimum absolute atomic E-state index is 0.220. The summed E-state index contributed by atoms with van der Waals surface area (Å²) < 4.78 is 0. The van der Waals surface area contributed by atoms with Gasteiger partial charge in [-0.15, -0.1) is 0 Å². The highest BCUT2D eigenvalue weighted by Crippen LogP contribution is 1.99. The lowest BCUT2D eigenvalue weighted by Crippen LogP contribution is -1.94. The zero-order valence-corrected chi connectivity index (χ0v) is 9.92. The first-order valence-electron chi connectivity index (χ1n) is 5.26. The normalized spacial score (nSPS) is 9.06. The summed E-state index contributed by atoms with van der Waals surface area (Å²) in [6.07, 6.45) is 2.84. The van der Waals surface area contributed by atoms with Gasteiger partial charge in [0.25, 0.3) is 0 Å². The number of nitrogens with zero attached hydrogens (tertiary/aromatic N) is 1. The summed E-state index contributed by atoms with van der Waals surface area (Å²) in [6, 6.07) is 11.6. The van der Waals surface area contributed by atoms with Gasteiger partial charge in [0, 0.05) is 12.4 Å². The number of carboxylic acid groups (broad SMARTS) is 1. The van der Waals surface area contributed by atoms with Crippen LogP contribution in [0.25, 0.3) is 0 Å². The fourth-order valence-electron chi connectivity index (χ4n) is 1.13. The Morgan fingerprint density at radius 3 is 1.88 bits per heavy atom. The van der Waals surface area contributed by atoms with Crippen molar-refractivity contribution in [2.24, 2.45) is 0 Å². The van der Waals surface area contributed by atoms with E-state index in [9.17, 15) is 4.79 Å². The summed E-state index contributed by atoms with van der Waals surface area (Å²) in [5.74, 6) is -0.942. The first-order valence-corrected chi connectivity index (χ1v) is 5.26. The summed E-state index contributed by atoms with van der Waals surface area (Å²) in [4.78, 5) is 13.8. The van der Waals surface area contributed by atoms with Gasteiger partial charge in [-0.2, -0.15) is 0 Å². The topological polar surface area (TPSA) is 50.2 Å². The highest BCUT2D eigenvalue weighted by molar-refractivity contribution is 5.86. The second-order valence-electron chi connectivity index (χ2n) is 3.70. The zero-order valence-electron chi connectivity index (χ0n) is 9.92. The lowest BCUT2D eigenvalue weighted by atomic mass is 10.2. The molecule has 2 rings (SSSR count). The molecule has 0 aliphatic heterocycles. The van der Waals surface area contributed by atoms with Gasteiger partial charge >= 0.3 is 5.97 Å². The van der Waals surface area contributed by atoms with Gasteiger partial charge in [-0.1, -0.05) is 35.4 Å². The monoisotopic (exact) mass is 229 g/mol. The summed E-state index contributed by atoms with van der Waals surface area (Å²) in [7, 11) is 0. The van der Waals surface area contributed by atoms with Gasteiger partial charge in [0.1, 0.15) is 0 Å². The van der Waals surface area contributed by atoms with Crippen LogP contribution >= 0.6 is 0 Å². The number of hydrogen-bond donors (Lipinski definition) is 1. The highest BCUT2D eigenvalue weighted by Gasteiger charge is 1.97. The van der Waals surface area contributed by atoms with Gasteiger partial charge < -0.3 is 5.11 Å². The van der Waals surface area contributed by atoms with Gasteiger partial charge in [-0.05, 0) is 26.0 Å². The Kier molecular flexibility index (Phi) is 4.88. The molecule has 1 N–H and O–H groups in total. The molecule has 3 heteroatoms. The summed E-state index contributed by atoms with van der Waals surface area (Å²) >= 11 is 0. The molecule has 2 aromatic rings. The fraction of sp³-hybridized carbons (Fsp3) is 0.143. The Morgan fingerprint density at radius 2 is 1.59 bits per heavy atom. The number of pyridine rings is 1. The fourth-order valence-corrected chi connectivity index (χ4v) is 1.13. The molecule has 0 spiro atoms. The second kappa shape index (κ2) is 6.43. The van der Waals surface area contributed by atoms with E-state index in [-0.39, 0.29) is 5.56 Å². The molecule has 0 saturated carbocycles. The molecule has 3 nitrogen and oxygen atoms in total. The number of benzene rings is 1. The maximum atomic E-state index is 10.2. The third kappa shape index (κ3) is 4.93. The average Bonchev–Trinajstić information content (AvgIpc) is 2.35. The number of aryl methyl sites for hydroxylation is 2. The maximum Gasteiger partial charge on any atom is 0.337 e. The van der Waals surface area contributed by atoms with Gasteiger partial charge in [-0.3, -0.25) is 4.98 Å². The molecule has 0 bridgehead atoms. The summed E-state index contributed by atoms with van der Waals surface area (Å²) in [5.41, 5.74) is 2.88. The highest BCUT2D eigenvalue weighted by atomic mass is 16.4. The van der Waals surface area contributed by atoms with E-state index >= 15 is 0 Å². The summed E-state index contributed by atoms with van der Waals surface area (Å²) in [5, 5.41) is 8.34. The molecule has 0 atom stereocenters. The Hall–Kier alpha value is -2.16. The minimum Gasteiger partial charge on any atom is -0.478 e. The van der Waals surface area contributed by atoms with Crippen LogP contribution in [0.1, 0.15) is 21.5 Å². The van der Waals surface area contributed by atoms with E-state index in [1.165, 1.54) is 29.6 Å². The number of rotatable bonds is 1. The smallest absolute Gasteiger partial charge is 0.337 e. The molecule has 0 radical (unpaired) electrons. The quantitative estimate of drug-likeness (QED) is 0.817. The van der Waals surface area contributed by atoms with E-state index in [2.05, 4.69) is 43.1 Å². The number of aromatic carboxylic acids is 1. The molecule has 0 unspecified atom stereocenters. The van der Waals surface area contributed by atoms with Crippen LogP contribution in [0.2, 0.25) is 0 Å². The van der Waals surface area contributed by atoms with E-state index in [1.807, 2.05) is 0 Å². The molecule has 88 valence electrons. The van der Waals surface area contributed by atoms with Crippen molar-refractivity contribution in [2.45, 2.75) is 13.8 Å². The van der Waals surface area contributed by atoms with Crippen molar-refractivity contribution >= 4 is 5.97 Å². The van der Waals surface area contributed by atoms with Crippen molar-refractivity contribution in [3.63, 3.8) is 0 Å². The minimum atomic E-state index is -0.942. The molecule has 0 saturated heterocycles. The van der Waals surface area contributed by atoms with Crippen molar-refractivity contribution in [1.29, 1.82) is 0 Å². The third-order valence-electron chi connectivity index (χ3n) is 2.13. The van der Waals surface area contributed by atoms with Crippen LogP contribution in [0.3, 0.4) is 0 Å². The van der Waals surface area contributed by atoms with Crippen molar-refractivity contribution in [1.82, 2.24) is 4.98 Å². The van der Waals surface area contributed by atoms with E-state index in [0.717, 1.165) is 0 Å². The number of aromatic nitrogens is 1. The van der Waals surface area contributed by atoms with Gasteiger partial charge in [0.15, 0.2) is 0 Å². The van der Waals surface area contributed by atoms with Gasteiger partial charge in [0.2, 0.25) is 0 Å². The largest absolute Gasteiger partial charge is 0.478 e. The molecule has 1 heterocycles. The van der Waals surface area contributed by atoms with Crippen LogP contribution < -0.4 is 0 Å². The van der Waals surface area contributed by atoms with Gasteiger partial charge in [-0.25, -0.2) is 4.79 Å². The van der Waals surface area contributed by atoms with Crippen LogP contribution in [0, 0.1) is 13.8 Å². The maximum absolute atomic E-state index is 10.2. The zero-order chi connectivity index (χ0) is 12.7. The Balaban J connectivity index is 0.000000171. The van der Waals surface area contributed by atoms with Crippen molar-refractivity contribution in [3.05, 3.63) is 65.5 Å². The van der Waals surface area contributed by atoms with Crippen molar-refractivity contribution in [3.8, 4) is 0 Å². The van der Waals surface area contributed by atoms with Crippen LogP contribution in [-0.2, 0) is 0 Å². The molecular weight excluding hydrogens is 214 g/mol. The SMILES string of the molecule is Cc1ccc(C)cc1.O=C(O)c1cccnc1. The predicted molar refractivity (Wildman–Crippen MR) is 67.1 cm³/mol. The van der Waals surface area contributed by atoms with E-state index in [1.54, 1.807) is 6.07 Å². The molecule has 17 heavy (non-hydrogen) atoms. The summed E-state index contributed by atoms with van der Waals surface area (Å²) in [6.45, 7) is 4.19. The standard InChI is InChI=1S/C8H10.C6H5NO2/c1-7-3-5-8(2)6-4-7;8-6(9)5-2-1-3-7-4-5/h3-6H,1-2H3;1-4H,(H,8,9). The molecule has 0 amide bonds. The predicted octanol–water partition coefficient (Wildman–Crippen LogP) is 3.08. The van der Waals surface area contributed by atoms with Crippen LogP contribution in [0.5, 0.6) is 0 Å².